The Bertz CT molecular complexity index is 304. The van der Waals surface area contributed by atoms with Crippen molar-refractivity contribution >= 4 is 5.69 Å². The fourth-order valence-electron chi connectivity index (χ4n) is 1.82. The predicted octanol–water partition coefficient (Wildman–Crippen LogP) is 1.77. The molecule has 2 N–H and O–H groups in total. The molecule has 0 heterocycles. The molecule has 1 fully saturated rings. The van der Waals surface area contributed by atoms with E-state index in [1.165, 1.54) is 0 Å². The topological polar surface area (TPSA) is 41.5 Å². The molecule has 15 heavy (non-hydrogen) atoms. The van der Waals surface area contributed by atoms with Crippen LogP contribution in [0.4, 0.5) is 5.69 Å². The van der Waals surface area contributed by atoms with Crippen LogP contribution in [-0.4, -0.2) is 24.4 Å². The van der Waals surface area contributed by atoms with Crippen molar-refractivity contribution in [3.05, 3.63) is 29.8 Å². The molecule has 2 rings (SSSR count). The van der Waals surface area contributed by atoms with Crippen molar-refractivity contribution in [3.8, 4) is 0 Å². The zero-order valence-electron chi connectivity index (χ0n) is 8.94. The first-order valence-electron chi connectivity index (χ1n) is 5.31. The van der Waals surface area contributed by atoms with E-state index in [2.05, 4.69) is 5.32 Å². The third kappa shape index (κ3) is 2.49. The predicted molar refractivity (Wildman–Crippen MR) is 59.8 cm³/mol. The van der Waals surface area contributed by atoms with Crippen LogP contribution < -0.4 is 5.32 Å². The lowest BCUT2D eigenvalue weighted by Gasteiger charge is -2.35. The number of aliphatic hydroxyl groups excluding tert-OH is 1. The molecule has 1 aromatic rings. The minimum Gasteiger partial charge on any atom is -0.392 e. The average Bonchev–Trinajstić information content (AvgIpc) is 2.23. The Hall–Kier alpha value is -1.06. The highest BCUT2D eigenvalue weighted by Crippen LogP contribution is 2.26. The smallest absolute Gasteiger partial charge is 0.0681 e. The van der Waals surface area contributed by atoms with Gasteiger partial charge in [0, 0.05) is 18.8 Å². The van der Waals surface area contributed by atoms with E-state index in [0.29, 0.717) is 12.1 Å². The van der Waals surface area contributed by atoms with Gasteiger partial charge in [0.2, 0.25) is 0 Å². The Balaban J connectivity index is 1.84. The largest absolute Gasteiger partial charge is 0.392 e. The molecular weight excluding hydrogens is 190 g/mol. The normalized spacial score (nSPS) is 24.7. The molecular formula is C12H17NO2. The van der Waals surface area contributed by atoms with E-state index in [4.69, 9.17) is 9.84 Å². The molecule has 3 heteroatoms. The van der Waals surface area contributed by atoms with Gasteiger partial charge in [-0.2, -0.15) is 0 Å². The van der Waals surface area contributed by atoms with E-state index in [9.17, 15) is 0 Å². The van der Waals surface area contributed by atoms with Crippen LogP contribution in [0.1, 0.15) is 18.4 Å². The summed E-state index contributed by atoms with van der Waals surface area (Å²) in [6.45, 7) is 0.107. The summed E-state index contributed by atoms with van der Waals surface area (Å²) >= 11 is 0. The number of methoxy groups -OCH3 is 1. The van der Waals surface area contributed by atoms with Crippen LogP contribution in [0.2, 0.25) is 0 Å². The lowest BCUT2D eigenvalue weighted by atomic mass is 9.89. The van der Waals surface area contributed by atoms with Gasteiger partial charge in [0.25, 0.3) is 0 Å². The Morgan fingerprint density at radius 1 is 1.33 bits per heavy atom. The quantitative estimate of drug-likeness (QED) is 0.790. The van der Waals surface area contributed by atoms with Gasteiger partial charge in [0.05, 0.1) is 12.7 Å². The maximum Gasteiger partial charge on any atom is 0.0681 e. The van der Waals surface area contributed by atoms with Gasteiger partial charge in [-0.1, -0.05) is 12.1 Å². The number of benzene rings is 1. The van der Waals surface area contributed by atoms with Crippen molar-refractivity contribution in [2.75, 3.05) is 12.4 Å². The molecule has 1 aliphatic rings. The van der Waals surface area contributed by atoms with Gasteiger partial charge in [-0.25, -0.2) is 0 Å². The summed E-state index contributed by atoms with van der Waals surface area (Å²) in [5.41, 5.74) is 2.07. The van der Waals surface area contributed by atoms with Gasteiger partial charge < -0.3 is 15.2 Å². The van der Waals surface area contributed by atoms with Gasteiger partial charge in [-0.3, -0.25) is 0 Å². The number of nitrogens with one attached hydrogen (secondary N) is 1. The van der Waals surface area contributed by atoms with E-state index in [1.54, 1.807) is 7.11 Å². The minimum absolute atomic E-state index is 0.107. The van der Waals surface area contributed by atoms with Crippen LogP contribution in [-0.2, 0) is 11.3 Å². The van der Waals surface area contributed by atoms with E-state index >= 15 is 0 Å². The van der Waals surface area contributed by atoms with E-state index < -0.39 is 0 Å². The third-order valence-electron chi connectivity index (χ3n) is 2.94. The van der Waals surface area contributed by atoms with E-state index in [-0.39, 0.29) is 6.61 Å². The number of anilines is 1. The Morgan fingerprint density at radius 2 is 2.00 bits per heavy atom. The molecule has 0 aliphatic heterocycles. The molecule has 0 aromatic heterocycles. The number of aliphatic hydroxyl groups is 1. The molecule has 1 aromatic carbocycles. The molecule has 0 bridgehead atoms. The molecule has 1 aliphatic carbocycles. The van der Waals surface area contributed by atoms with Crippen LogP contribution in [0.15, 0.2) is 24.3 Å². The zero-order valence-corrected chi connectivity index (χ0v) is 8.94. The van der Waals surface area contributed by atoms with Gasteiger partial charge in [-0.15, -0.1) is 0 Å². The second-order valence-electron chi connectivity index (χ2n) is 4.03. The Morgan fingerprint density at radius 3 is 2.53 bits per heavy atom. The van der Waals surface area contributed by atoms with Gasteiger partial charge >= 0.3 is 0 Å². The molecule has 1 saturated carbocycles. The third-order valence-corrected chi connectivity index (χ3v) is 2.94. The minimum atomic E-state index is 0.107. The van der Waals surface area contributed by atoms with Crippen molar-refractivity contribution in [3.63, 3.8) is 0 Å². The summed E-state index contributed by atoms with van der Waals surface area (Å²) in [5.74, 6) is 0. The van der Waals surface area contributed by atoms with E-state index in [1.807, 2.05) is 24.3 Å². The van der Waals surface area contributed by atoms with Crippen molar-refractivity contribution in [2.45, 2.75) is 31.6 Å². The lowest BCUT2D eigenvalue weighted by Crippen LogP contribution is -2.40. The van der Waals surface area contributed by atoms with Crippen LogP contribution in [0.3, 0.4) is 0 Å². The standard InChI is InChI=1S/C12H17NO2/c1-15-12-6-11(7-12)13-10-4-2-9(8-14)3-5-10/h2-5,11-14H,6-8H2,1H3. The summed E-state index contributed by atoms with van der Waals surface area (Å²) in [6, 6.07) is 8.43. The van der Waals surface area contributed by atoms with E-state index in [0.717, 1.165) is 24.1 Å². The van der Waals surface area contributed by atoms with Crippen molar-refractivity contribution in [2.24, 2.45) is 0 Å². The number of rotatable bonds is 4. The van der Waals surface area contributed by atoms with Crippen LogP contribution in [0.5, 0.6) is 0 Å². The summed E-state index contributed by atoms with van der Waals surface area (Å²) in [4.78, 5) is 0. The van der Waals surface area contributed by atoms with Crippen molar-refractivity contribution < 1.29 is 9.84 Å². The fraction of sp³-hybridized carbons (Fsp3) is 0.500. The van der Waals surface area contributed by atoms with Crippen LogP contribution in [0, 0.1) is 0 Å². The maximum atomic E-state index is 8.90. The second kappa shape index (κ2) is 4.64. The molecule has 0 unspecified atom stereocenters. The SMILES string of the molecule is COC1CC(Nc2ccc(CO)cc2)C1. The summed E-state index contributed by atoms with van der Waals surface area (Å²) in [5, 5.41) is 12.3. The summed E-state index contributed by atoms with van der Waals surface area (Å²) < 4.78 is 5.22. The van der Waals surface area contributed by atoms with Gasteiger partial charge in [0.1, 0.15) is 0 Å². The highest BCUT2D eigenvalue weighted by Gasteiger charge is 2.28. The summed E-state index contributed by atoms with van der Waals surface area (Å²) in [7, 11) is 1.76. The first-order valence-corrected chi connectivity index (χ1v) is 5.31. The highest BCUT2D eigenvalue weighted by molar-refractivity contribution is 5.45. The zero-order chi connectivity index (χ0) is 10.7. The van der Waals surface area contributed by atoms with Gasteiger partial charge in [0.15, 0.2) is 0 Å². The fourth-order valence-corrected chi connectivity index (χ4v) is 1.82. The molecule has 0 amide bonds. The number of hydrogen-bond donors (Lipinski definition) is 2. The van der Waals surface area contributed by atoms with Crippen molar-refractivity contribution in [1.29, 1.82) is 0 Å². The first kappa shape index (κ1) is 10.5. The average molecular weight is 207 g/mol. The molecule has 0 radical (unpaired) electrons. The Kier molecular flexibility index (Phi) is 3.23. The molecule has 0 atom stereocenters. The summed E-state index contributed by atoms with van der Waals surface area (Å²) in [6.07, 6.45) is 2.59. The number of hydrogen-bond acceptors (Lipinski definition) is 3. The second-order valence-corrected chi connectivity index (χ2v) is 4.03. The monoisotopic (exact) mass is 207 g/mol. The highest BCUT2D eigenvalue weighted by atomic mass is 16.5. The molecule has 0 spiro atoms. The lowest BCUT2D eigenvalue weighted by molar-refractivity contribution is 0.0329. The molecule has 0 saturated heterocycles. The van der Waals surface area contributed by atoms with Crippen molar-refractivity contribution in [1.82, 2.24) is 0 Å². The van der Waals surface area contributed by atoms with Gasteiger partial charge in [-0.05, 0) is 30.5 Å². The Labute approximate surface area is 90.1 Å². The maximum absolute atomic E-state index is 8.90. The van der Waals surface area contributed by atoms with Crippen LogP contribution in [0.25, 0.3) is 0 Å². The number of ether oxygens (including phenoxy) is 1. The van der Waals surface area contributed by atoms with Crippen LogP contribution >= 0.6 is 0 Å². The molecule has 3 nitrogen and oxygen atoms in total. The molecule has 82 valence electrons. The first-order chi connectivity index (χ1) is 7.31.